The van der Waals surface area contributed by atoms with Crippen molar-refractivity contribution in [3.63, 3.8) is 0 Å². The molecular formula is C15H10ClFOS. The highest BCUT2D eigenvalue weighted by atomic mass is 35.5. The van der Waals surface area contributed by atoms with Crippen LogP contribution in [0.3, 0.4) is 0 Å². The van der Waals surface area contributed by atoms with Crippen molar-refractivity contribution in [2.24, 2.45) is 0 Å². The van der Waals surface area contributed by atoms with Crippen LogP contribution in [-0.2, 0) is 0 Å². The number of rotatable bonds is 2. The van der Waals surface area contributed by atoms with Gasteiger partial charge in [-0.05, 0) is 47.3 Å². The van der Waals surface area contributed by atoms with Gasteiger partial charge in [0.1, 0.15) is 11.9 Å². The number of aliphatic hydroxyl groups excluding tert-OH is 1. The summed E-state index contributed by atoms with van der Waals surface area (Å²) in [4.78, 5) is 0.794. The first kappa shape index (κ1) is 12.6. The molecule has 3 aromatic rings. The lowest BCUT2D eigenvalue weighted by Gasteiger charge is -2.08. The lowest BCUT2D eigenvalue weighted by Crippen LogP contribution is -1.95. The fraction of sp³-hybridized carbons (Fsp3) is 0.0667. The molecular weight excluding hydrogens is 283 g/mol. The maximum absolute atomic E-state index is 13.1. The van der Waals surface area contributed by atoms with Crippen LogP contribution in [0.1, 0.15) is 16.5 Å². The minimum Gasteiger partial charge on any atom is -0.383 e. The highest BCUT2D eigenvalue weighted by molar-refractivity contribution is 7.19. The van der Waals surface area contributed by atoms with Gasteiger partial charge in [-0.2, -0.15) is 0 Å². The van der Waals surface area contributed by atoms with E-state index in [1.54, 1.807) is 30.3 Å². The number of benzene rings is 2. The molecule has 1 N–H and O–H groups in total. The van der Waals surface area contributed by atoms with Crippen molar-refractivity contribution >= 4 is 33.0 Å². The molecule has 0 amide bonds. The van der Waals surface area contributed by atoms with Gasteiger partial charge in [0.15, 0.2) is 0 Å². The molecule has 0 fully saturated rings. The van der Waals surface area contributed by atoms with E-state index >= 15 is 0 Å². The molecule has 1 heterocycles. The first-order valence-corrected chi connectivity index (χ1v) is 6.95. The average molecular weight is 293 g/mol. The predicted octanol–water partition coefficient (Wildman–Crippen LogP) is 4.78. The average Bonchev–Trinajstić information content (AvgIpc) is 2.81. The van der Waals surface area contributed by atoms with E-state index in [4.69, 9.17) is 11.6 Å². The van der Waals surface area contributed by atoms with Gasteiger partial charge < -0.3 is 5.11 Å². The van der Waals surface area contributed by atoms with Crippen molar-refractivity contribution in [2.75, 3.05) is 0 Å². The van der Waals surface area contributed by atoms with E-state index in [1.165, 1.54) is 23.5 Å². The summed E-state index contributed by atoms with van der Waals surface area (Å²) < 4.78 is 14.1. The van der Waals surface area contributed by atoms with Gasteiger partial charge in [0, 0.05) is 14.6 Å². The van der Waals surface area contributed by atoms with Crippen molar-refractivity contribution in [1.82, 2.24) is 0 Å². The Bertz CT molecular complexity index is 721. The zero-order valence-electron chi connectivity index (χ0n) is 9.81. The third kappa shape index (κ3) is 2.50. The molecule has 3 rings (SSSR count). The molecule has 0 saturated carbocycles. The summed E-state index contributed by atoms with van der Waals surface area (Å²) in [6.07, 6.45) is -0.710. The van der Waals surface area contributed by atoms with Gasteiger partial charge in [-0.25, -0.2) is 4.39 Å². The fourth-order valence-corrected chi connectivity index (χ4v) is 3.16. The highest BCUT2D eigenvalue weighted by Crippen LogP contribution is 2.33. The molecule has 1 aromatic heterocycles. The molecule has 0 radical (unpaired) electrons. The smallest absolute Gasteiger partial charge is 0.123 e. The molecule has 1 nitrogen and oxygen atoms in total. The van der Waals surface area contributed by atoms with Crippen molar-refractivity contribution < 1.29 is 9.50 Å². The SMILES string of the molecule is OC(c1ccc(Cl)cc1)c1cc2cc(F)ccc2s1. The minimum absolute atomic E-state index is 0.266. The Morgan fingerprint density at radius 1 is 1.05 bits per heavy atom. The molecule has 0 aliphatic rings. The van der Waals surface area contributed by atoms with Crippen molar-refractivity contribution in [3.05, 3.63) is 69.8 Å². The largest absolute Gasteiger partial charge is 0.383 e. The minimum atomic E-state index is -0.710. The molecule has 2 aromatic carbocycles. The Morgan fingerprint density at radius 2 is 1.79 bits per heavy atom. The molecule has 1 unspecified atom stereocenters. The Kier molecular flexibility index (Phi) is 3.27. The Labute approximate surface area is 118 Å². The molecule has 0 spiro atoms. The Hall–Kier alpha value is -1.42. The quantitative estimate of drug-likeness (QED) is 0.721. The second kappa shape index (κ2) is 4.93. The highest BCUT2D eigenvalue weighted by Gasteiger charge is 2.14. The van der Waals surface area contributed by atoms with Crippen molar-refractivity contribution in [1.29, 1.82) is 0 Å². The molecule has 4 heteroatoms. The van der Waals surface area contributed by atoms with Crippen LogP contribution in [-0.4, -0.2) is 5.11 Å². The number of hydrogen-bond donors (Lipinski definition) is 1. The molecule has 0 aliphatic heterocycles. The van der Waals surface area contributed by atoms with Crippen molar-refractivity contribution in [2.45, 2.75) is 6.10 Å². The predicted molar refractivity (Wildman–Crippen MR) is 77.3 cm³/mol. The first-order chi connectivity index (χ1) is 9.13. The van der Waals surface area contributed by atoms with E-state index in [1.807, 2.05) is 6.07 Å². The van der Waals surface area contributed by atoms with Crippen LogP contribution in [0.25, 0.3) is 10.1 Å². The van der Waals surface area contributed by atoms with Gasteiger partial charge in [0.2, 0.25) is 0 Å². The number of halogens is 2. The van der Waals surface area contributed by atoms with Crippen LogP contribution in [0.15, 0.2) is 48.5 Å². The standard InChI is InChI=1S/C15H10ClFOS/c16-11-3-1-9(2-4-11)15(18)14-8-10-7-12(17)5-6-13(10)19-14/h1-8,15,18H. The lowest BCUT2D eigenvalue weighted by atomic mass is 10.1. The van der Waals surface area contributed by atoms with E-state index in [0.717, 1.165) is 20.5 Å². The van der Waals surface area contributed by atoms with Gasteiger partial charge in [-0.15, -0.1) is 11.3 Å². The van der Waals surface area contributed by atoms with Crippen LogP contribution in [0.4, 0.5) is 4.39 Å². The van der Waals surface area contributed by atoms with Crippen LogP contribution in [0, 0.1) is 5.82 Å². The topological polar surface area (TPSA) is 20.2 Å². The van der Waals surface area contributed by atoms with Crippen LogP contribution in [0.5, 0.6) is 0 Å². The van der Waals surface area contributed by atoms with E-state index in [-0.39, 0.29) is 5.82 Å². The summed E-state index contributed by atoms with van der Waals surface area (Å²) >= 11 is 7.29. The second-order valence-electron chi connectivity index (χ2n) is 4.29. The third-order valence-electron chi connectivity index (χ3n) is 2.95. The van der Waals surface area contributed by atoms with E-state index in [2.05, 4.69) is 0 Å². The van der Waals surface area contributed by atoms with E-state index in [9.17, 15) is 9.50 Å². The number of aliphatic hydroxyl groups is 1. The Morgan fingerprint density at radius 3 is 2.53 bits per heavy atom. The number of fused-ring (bicyclic) bond motifs is 1. The summed E-state index contributed by atoms with van der Waals surface area (Å²) in [6, 6.07) is 13.5. The monoisotopic (exact) mass is 292 g/mol. The molecule has 96 valence electrons. The summed E-state index contributed by atoms with van der Waals surface area (Å²) in [6.45, 7) is 0. The maximum Gasteiger partial charge on any atom is 0.123 e. The summed E-state index contributed by atoms with van der Waals surface area (Å²) in [5.74, 6) is -0.266. The fourth-order valence-electron chi connectivity index (χ4n) is 1.98. The summed E-state index contributed by atoms with van der Waals surface area (Å²) in [5.41, 5.74) is 0.774. The van der Waals surface area contributed by atoms with Crippen LogP contribution >= 0.6 is 22.9 Å². The van der Waals surface area contributed by atoms with Gasteiger partial charge in [-0.1, -0.05) is 23.7 Å². The van der Waals surface area contributed by atoms with Crippen molar-refractivity contribution in [3.8, 4) is 0 Å². The van der Waals surface area contributed by atoms with Crippen LogP contribution < -0.4 is 0 Å². The summed E-state index contributed by atoms with van der Waals surface area (Å²) in [5, 5.41) is 11.8. The number of hydrogen-bond acceptors (Lipinski definition) is 2. The molecule has 1 atom stereocenters. The van der Waals surface area contributed by atoms with Gasteiger partial charge in [0.05, 0.1) is 0 Å². The summed E-state index contributed by atoms with van der Waals surface area (Å²) in [7, 11) is 0. The van der Waals surface area contributed by atoms with E-state index in [0.29, 0.717) is 5.02 Å². The number of thiophene rings is 1. The lowest BCUT2D eigenvalue weighted by molar-refractivity contribution is 0.224. The van der Waals surface area contributed by atoms with Gasteiger partial charge in [0.25, 0.3) is 0 Å². The Balaban J connectivity index is 2.01. The molecule has 0 saturated heterocycles. The molecule has 0 bridgehead atoms. The van der Waals surface area contributed by atoms with Crippen LogP contribution in [0.2, 0.25) is 5.02 Å². The normalized spacial score (nSPS) is 12.8. The zero-order valence-corrected chi connectivity index (χ0v) is 11.4. The molecule has 0 aliphatic carbocycles. The second-order valence-corrected chi connectivity index (χ2v) is 5.84. The molecule has 19 heavy (non-hydrogen) atoms. The van der Waals surface area contributed by atoms with Gasteiger partial charge >= 0.3 is 0 Å². The maximum atomic E-state index is 13.1. The zero-order chi connectivity index (χ0) is 13.4. The van der Waals surface area contributed by atoms with Gasteiger partial charge in [-0.3, -0.25) is 0 Å². The first-order valence-electron chi connectivity index (χ1n) is 5.76. The van der Waals surface area contributed by atoms with E-state index < -0.39 is 6.10 Å². The third-order valence-corrected chi connectivity index (χ3v) is 4.37.